The Morgan fingerprint density at radius 2 is 2.14 bits per heavy atom. The van der Waals surface area contributed by atoms with Crippen LogP contribution < -0.4 is 10.1 Å². The third-order valence-electron chi connectivity index (χ3n) is 4.10. The lowest BCUT2D eigenvalue weighted by atomic mass is 9.96. The Morgan fingerprint density at radius 3 is 2.77 bits per heavy atom. The maximum Gasteiger partial charge on any atom is 0.317 e. The molecule has 0 aromatic heterocycles. The number of aryl methyl sites for hydroxylation is 1. The molecule has 1 aromatic carbocycles. The number of nitrogens with zero attached hydrogens (tertiary/aromatic N) is 1. The van der Waals surface area contributed by atoms with Crippen molar-refractivity contribution in [2.75, 3.05) is 19.6 Å². The Labute approximate surface area is 132 Å². The molecule has 1 fully saturated rings. The van der Waals surface area contributed by atoms with Crippen LogP contribution in [0.1, 0.15) is 25.8 Å². The van der Waals surface area contributed by atoms with Crippen LogP contribution in [0.25, 0.3) is 0 Å². The number of ether oxygens (including phenoxy) is 1. The van der Waals surface area contributed by atoms with Crippen molar-refractivity contribution in [3.8, 4) is 5.75 Å². The van der Waals surface area contributed by atoms with Gasteiger partial charge in [0, 0.05) is 13.1 Å². The van der Waals surface area contributed by atoms with Crippen LogP contribution in [0, 0.1) is 12.8 Å². The SMILES string of the molecule is Cc1ccc(OC(C)CNC(=O)N2CCC(C)C(O)C2)cc1. The molecule has 1 heterocycles. The van der Waals surface area contributed by atoms with E-state index in [0.717, 1.165) is 12.2 Å². The number of β-amino-alcohol motifs (C(OH)–C–C–N with tert-alkyl or cyclic N) is 1. The molecule has 5 nitrogen and oxygen atoms in total. The standard InChI is InChI=1S/C17H26N2O3/c1-12-4-6-15(7-5-12)22-14(3)10-18-17(21)19-9-8-13(2)16(20)11-19/h4-7,13-14,16,20H,8-11H2,1-3H3,(H,18,21). The van der Waals surface area contributed by atoms with Crippen molar-refractivity contribution in [2.24, 2.45) is 5.92 Å². The Hall–Kier alpha value is -1.75. The van der Waals surface area contributed by atoms with Gasteiger partial charge in [-0.05, 0) is 38.3 Å². The van der Waals surface area contributed by atoms with Crippen LogP contribution in [0.4, 0.5) is 4.79 Å². The number of amides is 2. The quantitative estimate of drug-likeness (QED) is 0.896. The second-order valence-corrected chi connectivity index (χ2v) is 6.21. The fourth-order valence-corrected chi connectivity index (χ4v) is 2.47. The number of nitrogens with one attached hydrogen (secondary N) is 1. The zero-order valence-corrected chi connectivity index (χ0v) is 13.6. The van der Waals surface area contributed by atoms with Crippen LogP contribution in [-0.2, 0) is 0 Å². The highest BCUT2D eigenvalue weighted by Gasteiger charge is 2.27. The van der Waals surface area contributed by atoms with Gasteiger partial charge in [0.25, 0.3) is 0 Å². The van der Waals surface area contributed by atoms with Gasteiger partial charge in [0.05, 0.1) is 12.6 Å². The van der Waals surface area contributed by atoms with Gasteiger partial charge in [0.2, 0.25) is 0 Å². The molecule has 22 heavy (non-hydrogen) atoms. The number of piperidine rings is 1. The number of aliphatic hydroxyl groups excluding tert-OH is 1. The molecule has 0 aliphatic carbocycles. The summed E-state index contributed by atoms with van der Waals surface area (Å²) in [7, 11) is 0. The maximum absolute atomic E-state index is 12.1. The Morgan fingerprint density at radius 1 is 1.45 bits per heavy atom. The third-order valence-corrected chi connectivity index (χ3v) is 4.10. The molecule has 122 valence electrons. The first-order valence-electron chi connectivity index (χ1n) is 7.90. The molecule has 1 aromatic rings. The zero-order chi connectivity index (χ0) is 16.1. The minimum atomic E-state index is -0.430. The molecule has 0 saturated carbocycles. The molecule has 2 amide bonds. The van der Waals surface area contributed by atoms with E-state index in [0.29, 0.717) is 19.6 Å². The van der Waals surface area contributed by atoms with Crippen LogP contribution in [0.3, 0.4) is 0 Å². The molecule has 2 N–H and O–H groups in total. The first-order chi connectivity index (χ1) is 10.5. The summed E-state index contributed by atoms with van der Waals surface area (Å²) in [6.45, 7) is 7.50. The third kappa shape index (κ3) is 4.63. The average Bonchev–Trinajstić information content (AvgIpc) is 2.50. The minimum Gasteiger partial charge on any atom is -0.489 e. The fourth-order valence-electron chi connectivity index (χ4n) is 2.47. The smallest absolute Gasteiger partial charge is 0.317 e. The first kappa shape index (κ1) is 16.6. The van der Waals surface area contributed by atoms with Crippen molar-refractivity contribution in [1.29, 1.82) is 0 Å². The van der Waals surface area contributed by atoms with Gasteiger partial charge in [-0.2, -0.15) is 0 Å². The summed E-state index contributed by atoms with van der Waals surface area (Å²) < 4.78 is 5.76. The van der Waals surface area contributed by atoms with Crippen LogP contribution in [-0.4, -0.2) is 47.9 Å². The summed E-state index contributed by atoms with van der Waals surface area (Å²) in [5, 5.41) is 12.7. The van der Waals surface area contributed by atoms with Gasteiger partial charge in [-0.1, -0.05) is 24.6 Å². The lowest BCUT2D eigenvalue weighted by Crippen LogP contribution is -2.50. The Bertz CT molecular complexity index is 489. The van der Waals surface area contributed by atoms with Crippen molar-refractivity contribution < 1.29 is 14.6 Å². The van der Waals surface area contributed by atoms with Crippen molar-refractivity contribution >= 4 is 6.03 Å². The highest BCUT2D eigenvalue weighted by Crippen LogP contribution is 2.17. The molecular weight excluding hydrogens is 280 g/mol. The molecule has 0 bridgehead atoms. The Kier molecular flexibility index (Phi) is 5.66. The molecule has 1 aliphatic heterocycles. The lowest BCUT2D eigenvalue weighted by Gasteiger charge is -2.34. The van der Waals surface area contributed by atoms with E-state index in [2.05, 4.69) is 5.32 Å². The number of aliphatic hydroxyl groups is 1. The molecule has 2 rings (SSSR count). The van der Waals surface area contributed by atoms with Crippen LogP contribution in [0.15, 0.2) is 24.3 Å². The highest BCUT2D eigenvalue weighted by atomic mass is 16.5. The molecule has 1 aliphatic rings. The summed E-state index contributed by atoms with van der Waals surface area (Å²) in [5.74, 6) is 1.06. The zero-order valence-electron chi connectivity index (χ0n) is 13.6. The van der Waals surface area contributed by atoms with Gasteiger partial charge in [-0.15, -0.1) is 0 Å². The van der Waals surface area contributed by atoms with E-state index in [9.17, 15) is 9.90 Å². The monoisotopic (exact) mass is 306 g/mol. The van der Waals surface area contributed by atoms with Gasteiger partial charge >= 0.3 is 6.03 Å². The predicted octanol–water partition coefficient (Wildman–Crippen LogP) is 2.17. The van der Waals surface area contributed by atoms with Gasteiger partial charge in [-0.25, -0.2) is 4.79 Å². The summed E-state index contributed by atoms with van der Waals surface area (Å²) >= 11 is 0. The molecule has 0 spiro atoms. The lowest BCUT2D eigenvalue weighted by molar-refractivity contribution is 0.0431. The topological polar surface area (TPSA) is 61.8 Å². The number of hydrogen-bond acceptors (Lipinski definition) is 3. The second kappa shape index (κ2) is 7.49. The van der Waals surface area contributed by atoms with Gasteiger partial charge in [0.1, 0.15) is 11.9 Å². The predicted molar refractivity (Wildman–Crippen MR) is 86.0 cm³/mol. The van der Waals surface area contributed by atoms with Gasteiger partial charge < -0.3 is 20.1 Å². The normalized spacial score (nSPS) is 23.0. The molecule has 3 unspecified atom stereocenters. The maximum atomic E-state index is 12.1. The molecular formula is C17H26N2O3. The number of carbonyl (C=O) groups is 1. The van der Waals surface area contributed by atoms with E-state index in [-0.39, 0.29) is 18.1 Å². The van der Waals surface area contributed by atoms with E-state index >= 15 is 0 Å². The van der Waals surface area contributed by atoms with E-state index in [1.807, 2.05) is 45.0 Å². The number of carbonyl (C=O) groups excluding carboxylic acids is 1. The van der Waals surface area contributed by atoms with E-state index in [1.54, 1.807) is 4.90 Å². The number of likely N-dealkylation sites (tertiary alicyclic amines) is 1. The number of rotatable bonds is 4. The van der Waals surface area contributed by atoms with Crippen LogP contribution >= 0.6 is 0 Å². The number of benzene rings is 1. The van der Waals surface area contributed by atoms with E-state index in [1.165, 1.54) is 5.56 Å². The Balaban J connectivity index is 1.74. The molecule has 3 atom stereocenters. The van der Waals surface area contributed by atoms with Crippen LogP contribution in [0.5, 0.6) is 5.75 Å². The molecule has 5 heteroatoms. The van der Waals surface area contributed by atoms with Crippen molar-refractivity contribution in [3.05, 3.63) is 29.8 Å². The first-order valence-corrected chi connectivity index (χ1v) is 7.90. The number of hydrogen-bond donors (Lipinski definition) is 2. The van der Waals surface area contributed by atoms with Gasteiger partial charge in [-0.3, -0.25) is 0 Å². The second-order valence-electron chi connectivity index (χ2n) is 6.21. The summed E-state index contributed by atoms with van der Waals surface area (Å²) in [4.78, 5) is 13.8. The number of urea groups is 1. The molecule has 0 radical (unpaired) electrons. The average molecular weight is 306 g/mol. The summed E-state index contributed by atoms with van der Waals surface area (Å²) in [6.07, 6.45) is 0.297. The summed E-state index contributed by atoms with van der Waals surface area (Å²) in [6, 6.07) is 7.71. The van der Waals surface area contributed by atoms with Gasteiger partial charge in [0.15, 0.2) is 0 Å². The van der Waals surface area contributed by atoms with Crippen LogP contribution in [0.2, 0.25) is 0 Å². The summed E-state index contributed by atoms with van der Waals surface area (Å²) in [5.41, 5.74) is 1.19. The van der Waals surface area contributed by atoms with Crippen molar-refractivity contribution in [1.82, 2.24) is 10.2 Å². The van der Waals surface area contributed by atoms with E-state index < -0.39 is 6.10 Å². The largest absolute Gasteiger partial charge is 0.489 e. The molecule has 1 saturated heterocycles. The fraction of sp³-hybridized carbons (Fsp3) is 0.588. The minimum absolute atomic E-state index is 0.111. The van der Waals surface area contributed by atoms with Crippen molar-refractivity contribution in [2.45, 2.75) is 39.4 Å². The van der Waals surface area contributed by atoms with Crippen molar-refractivity contribution in [3.63, 3.8) is 0 Å². The van der Waals surface area contributed by atoms with E-state index in [4.69, 9.17) is 4.74 Å². The highest BCUT2D eigenvalue weighted by molar-refractivity contribution is 5.74.